The Balaban J connectivity index is 1.48. The number of ether oxygens (including phenoxy) is 3. The standard InChI is InChI=1S/C27H22BrClN2O5S2/c1-3-35-23-12-16(8-11-22(23)36-15-25(32)30-20-6-4-5-7-21(20)34-2)13-24-26(33)31(27(37)38-24)17-9-10-18(28)19(29)14-17/h4-14H,3,15H2,1-2H3,(H,30,32)/b24-13+. The Morgan fingerprint density at radius 2 is 1.89 bits per heavy atom. The Hall–Kier alpha value is -3.05. The number of thiocarbonyl (C=S) groups is 1. The minimum absolute atomic E-state index is 0.230. The van der Waals surface area contributed by atoms with Gasteiger partial charge in [0.25, 0.3) is 11.8 Å². The summed E-state index contributed by atoms with van der Waals surface area (Å²) in [5.41, 5.74) is 1.86. The van der Waals surface area contributed by atoms with Gasteiger partial charge in [-0.3, -0.25) is 14.5 Å². The van der Waals surface area contributed by atoms with Gasteiger partial charge in [0.15, 0.2) is 22.4 Å². The number of hydrogen-bond donors (Lipinski definition) is 1. The fourth-order valence-electron chi connectivity index (χ4n) is 3.55. The van der Waals surface area contributed by atoms with Crippen molar-refractivity contribution in [1.82, 2.24) is 0 Å². The lowest BCUT2D eigenvalue weighted by Crippen LogP contribution is -2.27. The van der Waals surface area contributed by atoms with E-state index in [-0.39, 0.29) is 18.4 Å². The van der Waals surface area contributed by atoms with Crippen LogP contribution in [0.3, 0.4) is 0 Å². The minimum Gasteiger partial charge on any atom is -0.495 e. The fourth-order valence-corrected chi connectivity index (χ4v) is 5.27. The van der Waals surface area contributed by atoms with E-state index in [4.69, 9.17) is 38.0 Å². The van der Waals surface area contributed by atoms with Gasteiger partial charge < -0.3 is 19.5 Å². The Labute approximate surface area is 243 Å². The molecule has 0 radical (unpaired) electrons. The van der Waals surface area contributed by atoms with Crippen LogP contribution in [0.5, 0.6) is 17.2 Å². The largest absolute Gasteiger partial charge is 0.495 e. The van der Waals surface area contributed by atoms with Gasteiger partial charge in [-0.15, -0.1) is 0 Å². The van der Waals surface area contributed by atoms with Crippen molar-refractivity contribution < 1.29 is 23.8 Å². The Morgan fingerprint density at radius 1 is 1.11 bits per heavy atom. The van der Waals surface area contributed by atoms with E-state index < -0.39 is 0 Å². The zero-order valence-corrected chi connectivity index (χ0v) is 24.3. The third-order valence-electron chi connectivity index (χ3n) is 5.26. The molecular formula is C27H22BrClN2O5S2. The van der Waals surface area contributed by atoms with Gasteiger partial charge in [-0.05, 0) is 77.0 Å². The van der Waals surface area contributed by atoms with Gasteiger partial charge in [0.1, 0.15) is 5.75 Å². The van der Waals surface area contributed by atoms with Crippen molar-refractivity contribution in [1.29, 1.82) is 0 Å². The molecule has 0 aliphatic carbocycles. The van der Waals surface area contributed by atoms with E-state index in [1.54, 1.807) is 60.7 Å². The van der Waals surface area contributed by atoms with Crippen molar-refractivity contribution in [3.8, 4) is 17.2 Å². The molecule has 0 unspecified atom stereocenters. The minimum atomic E-state index is -0.349. The summed E-state index contributed by atoms with van der Waals surface area (Å²) in [6, 6.07) is 17.6. The molecule has 0 aromatic heterocycles. The predicted octanol–water partition coefficient (Wildman–Crippen LogP) is 6.93. The lowest BCUT2D eigenvalue weighted by molar-refractivity contribution is -0.118. The van der Waals surface area contributed by atoms with Crippen LogP contribution in [0.2, 0.25) is 5.02 Å². The average Bonchev–Trinajstić information content (AvgIpc) is 3.18. The summed E-state index contributed by atoms with van der Waals surface area (Å²) in [5, 5.41) is 3.25. The number of benzene rings is 3. The molecule has 11 heteroatoms. The van der Waals surface area contributed by atoms with Crippen molar-refractivity contribution in [2.24, 2.45) is 0 Å². The maximum Gasteiger partial charge on any atom is 0.270 e. The monoisotopic (exact) mass is 632 g/mol. The van der Waals surface area contributed by atoms with Crippen molar-refractivity contribution in [3.63, 3.8) is 0 Å². The molecule has 1 aliphatic heterocycles. The summed E-state index contributed by atoms with van der Waals surface area (Å²) in [5.74, 6) is 0.800. The Bertz CT molecular complexity index is 1430. The fraction of sp³-hybridized carbons (Fsp3) is 0.148. The van der Waals surface area contributed by atoms with Crippen LogP contribution in [-0.4, -0.2) is 36.5 Å². The summed E-state index contributed by atoms with van der Waals surface area (Å²) in [6.07, 6.45) is 1.74. The second-order valence-corrected chi connectivity index (χ2v) is 10.7. The van der Waals surface area contributed by atoms with E-state index in [0.29, 0.717) is 55.0 Å². The van der Waals surface area contributed by atoms with Gasteiger partial charge in [-0.25, -0.2) is 0 Å². The molecule has 1 saturated heterocycles. The van der Waals surface area contributed by atoms with Gasteiger partial charge in [0, 0.05) is 4.47 Å². The summed E-state index contributed by atoms with van der Waals surface area (Å²) in [7, 11) is 1.53. The first-order valence-corrected chi connectivity index (χ1v) is 13.8. The first-order valence-electron chi connectivity index (χ1n) is 11.4. The van der Waals surface area contributed by atoms with Crippen LogP contribution in [-0.2, 0) is 9.59 Å². The zero-order valence-electron chi connectivity index (χ0n) is 20.3. The average molecular weight is 634 g/mol. The summed E-state index contributed by atoms with van der Waals surface area (Å²) in [4.78, 5) is 27.5. The zero-order chi connectivity index (χ0) is 27.2. The summed E-state index contributed by atoms with van der Waals surface area (Å²) >= 11 is 16.2. The highest BCUT2D eigenvalue weighted by molar-refractivity contribution is 9.10. The number of carbonyl (C=O) groups excluding carboxylic acids is 2. The van der Waals surface area contributed by atoms with Gasteiger partial charge in [0.2, 0.25) is 0 Å². The highest BCUT2D eigenvalue weighted by atomic mass is 79.9. The molecule has 0 spiro atoms. The Kier molecular flexibility index (Phi) is 9.32. The number of hydrogen-bond acceptors (Lipinski definition) is 7. The number of para-hydroxylation sites is 2. The van der Waals surface area contributed by atoms with Crippen LogP contribution < -0.4 is 24.4 Å². The van der Waals surface area contributed by atoms with E-state index in [1.165, 1.54) is 23.8 Å². The third-order valence-corrected chi connectivity index (χ3v) is 7.79. The highest BCUT2D eigenvalue weighted by Gasteiger charge is 2.33. The maximum absolute atomic E-state index is 13.2. The molecule has 0 bridgehead atoms. The van der Waals surface area contributed by atoms with Gasteiger partial charge >= 0.3 is 0 Å². The van der Waals surface area contributed by atoms with Crippen molar-refractivity contribution in [3.05, 3.63) is 80.6 Å². The quantitative estimate of drug-likeness (QED) is 0.202. The molecule has 2 amide bonds. The predicted molar refractivity (Wildman–Crippen MR) is 160 cm³/mol. The molecule has 0 atom stereocenters. The smallest absolute Gasteiger partial charge is 0.270 e. The van der Waals surface area contributed by atoms with Crippen LogP contribution in [0.1, 0.15) is 12.5 Å². The second kappa shape index (κ2) is 12.7. The van der Waals surface area contributed by atoms with E-state index in [0.717, 1.165) is 4.47 Å². The number of halogens is 2. The highest BCUT2D eigenvalue weighted by Crippen LogP contribution is 2.39. The van der Waals surface area contributed by atoms with E-state index >= 15 is 0 Å². The third kappa shape index (κ3) is 6.50. The molecule has 0 saturated carbocycles. The number of nitrogens with one attached hydrogen (secondary N) is 1. The number of carbonyl (C=O) groups is 2. The number of amides is 2. The molecule has 196 valence electrons. The Morgan fingerprint density at radius 3 is 2.63 bits per heavy atom. The first-order chi connectivity index (χ1) is 18.3. The van der Waals surface area contributed by atoms with Gasteiger partial charge in [0.05, 0.1) is 35.0 Å². The molecular weight excluding hydrogens is 612 g/mol. The normalized spacial score (nSPS) is 14.1. The number of thioether (sulfide) groups is 1. The van der Waals surface area contributed by atoms with Gasteiger partial charge in [-0.1, -0.05) is 53.8 Å². The summed E-state index contributed by atoms with van der Waals surface area (Å²) < 4.78 is 17.9. The van der Waals surface area contributed by atoms with Crippen LogP contribution in [0.15, 0.2) is 70.0 Å². The number of rotatable bonds is 9. The lowest BCUT2D eigenvalue weighted by Gasteiger charge is -2.15. The molecule has 7 nitrogen and oxygen atoms in total. The van der Waals surface area contributed by atoms with Crippen LogP contribution >= 0.6 is 51.5 Å². The van der Waals surface area contributed by atoms with E-state index in [1.807, 2.05) is 13.0 Å². The van der Waals surface area contributed by atoms with Crippen molar-refractivity contribution in [2.75, 3.05) is 30.5 Å². The van der Waals surface area contributed by atoms with Crippen molar-refractivity contribution >= 4 is 85.1 Å². The molecule has 4 rings (SSSR count). The van der Waals surface area contributed by atoms with Crippen molar-refractivity contribution in [2.45, 2.75) is 6.92 Å². The van der Waals surface area contributed by atoms with E-state index in [2.05, 4.69) is 21.2 Å². The number of methoxy groups -OCH3 is 1. The molecule has 3 aromatic rings. The molecule has 1 fully saturated rings. The topological polar surface area (TPSA) is 77.1 Å². The van der Waals surface area contributed by atoms with E-state index in [9.17, 15) is 9.59 Å². The SMILES string of the molecule is CCOc1cc(/C=C2/SC(=S)N(c3ccc(Br)c(Cl)c3)C2=O)ccc1OCC(=O)Nc1ccccc1OC. The maximum atomic E-state index is 13.2. The molecule has 3 aromatic carbocycles. The molecule has 1 aliphatic rings. The summed E-state index contributed by atoms with van der Waals surface area (Å²) in [6.45, 7) is 2.00. The first kappa shape index (κ1) is 28.0. The molecule has 38 heavy (non-hydrogen) atoms. The molecule has 1 heterocycles. The van der Waals surface area contributed by atoms with Crippen LogP contribution in [0.25, 0.3) is 6.08 Å². The lowest BCUT2D eigenvalue weighted by atomic mass is 10.1. The van der Waals surface area contributed by atoms with Crippen LogP contribution in [0.4, 0.5) is 11.4 Å². The van der Waals surface area contributed by atoms with Crippen LogP contribution in [0, 0.1) is 0 Å². The van der Waals surface area contributed by atoms with Gasteiger partial charge in [-0.2, -0.15) is 0 Å². The second-order valence-electron chi connectivity index (χ2n) is 7.79. The molecule has 1 N–H and O–H groups in total. The number of nitrogens with zero attached hydrogens (tertiary/aromatic N) is 1. The number of anilines is 2.